The Hall–Kier alpha value is -4.86. The van der Waals surface area contributed by atoms with Gasteiger partial charge in [0.2, 0.25) is 0 Å². The van der Waals surface area contributed by atoms with E-state index in [1.165, 1.54) is 11.8 Å². The SMILES string of the molecule is CCOc1ccc(NC(=O)COc2ccc(/C=N\NC(=O)C(=O)NCc3ccc(C(C)C)cc3)cc2OCC)cc1. The van der Waals surface area contributed by atoms with Gasteiger partial charge >= 0.3 is 11.8 Å². The summed E-state index contributed by atoms with van der Waals surface area (Å²) in [5.41, 5.74) is 5.51. The predicted octanol–water partition coefficient (Wildman–Crippen LogP) is 4.39. The van der Waals surface area contributed by atoms with Crippen molar-refractivity contribution in [1.82, 2.24) is 10.7 Å². The van der Waals surface area contributed by atoms with Crippen LogP contribution < -0.4 is 30.3 Å². The fourth-order valence-corrected chi connectivity index (χ4v) is 3.63. The summed E-state index contributed by atoms with van der Waals surface area (Å²) in [6, 6.07) is 19.8. The largest absolute Gasteiger partial charge is 0.494 e. The zero-order valence-corrected chi connectivity index (χ0v) is 23.7. The molecule has 0 heterocycles. The molecule has 216 valence electrons. The molecule has 10 heteroatoms. The van der Waals surface area contributed by atoms with Crippen molar-refractivity contribution >= 4 is 29.6 Å². The third kappa shape index (κ3) is 9.99. The number of carbonyl (C=O) groups excluding carboxylic acids is 3. The van der Waals surface area contributed by atoms with Gasteiger partial charge in [0.15, 0.2) is 18.1 Å². The molecular formula is C31H36N4O6. The van der Waals surface area contributed by atoms with Gasteiger partial charge in [-0.25, -0.2) is 5.43 Å². The molecule has 0 aliphatic rings. The number of nitrogens with zero attached hydrogens (tertiary/aromatic N) is 1. The molecule has 3 amide bonds. The third-order valence-corrected chi connectivity index (χ3v) is 5.76. The molecule has 41 heavy (non-hydrogen) atoms. The van der Waals surface area contributed by atoms with Crippen LogP contribution in [0.15, 0.2) is 71.8 Å². The highest BCUT2D eigenvalue weighted by atomic mass is 16.5. The zero-order chi connectivity index (χ0) is 29.6. The maximum absolute atomic E-state index is 12.4. The van der Waals surface area contributed by atoms with Gasteiger partial charge in [0.1, 0.15) is 5.75 Å². The van der Waals surface area contributed by atoms with E-state index >= 15 is 0 Å². The van der Waals surface area contributed by atoms with E-state index in [0.717, 1.165) is 11.3 Å². The first-order valence-corrected chi connectivity index (χ1v) is 13.4. The van der Waals surface area contributed by atoms with E-state index in [9.17, 15) is 14.4 Å². The Kier molecular flexibility index (Phi) is 11.7. The van der Waals surface area contributed by atoms with Crippen molar-refractivity contribution in [2.75, 3.05) is 25.1 Å². The Morgan fingerprint density at radius 3 is 2.20 bits per heavy atom. The molecule has 0 fully saturated rings. The van der Waals surface area contributed by atoms with E-state index in [0.29, 0.717) is 41.9 Å². The molecule has 0 bridgehead atoms. The lowest BCUT2D eigenvalue weighted by molar-refractivity contribution is -0.139. The minimum absolute atomic E-state index is 0.228. The summed E-state index contributed by atoms with van der Waals surface area (Å²) in [5.74, 6) is -0.110. The Morgan fingerprint density at radius 2 is 1.54 bits per heavy atom. The summed E-state index contributed by atoms with van der Waals surface area (Å²) in [5, 5.41) is 9.20. The first kappa shape index (κ1) is 30.7. The van der Waals surface area contributed by atoms with Crippen LogP contribution in [-0.2, 0) is 20.9 Å². The van der Waals surface area contributed by atoms with E-state index in [-0.39, 0.29) is 19.1 Å². The van der Waals surface area contributed by atoms with Crippen molar-refractivity contribution in [3.63, 3.8) is 0 Å². The number of amides is 3. The number of hydrogen-bond donors (Lipinski definition) is 3. The first-order valence-electron chi connectivity index (χ1n) is 13.4. The van der Waals surface area contributed by atoms with Gasteiger partial charge in [-0.05, 0) is 78.9 Å². The van der Waals surface area contributed by atoms with Crippen LogP contribution in [0, 0.1) is 0 Å². The number of benzene rings is 3. The van der Waals surface area contributed by atoms with Gasteiger partial charge in [0.05, 0.1) is 19.4 Å². The third-order valence-electron chi connectivity index (χ3n) is 5.76. The second kappa shape index (κ2) is 15.7. The summed E-state index contributed by atoms with van der Waals surface area (Å²) < 4.78 is 16.7. The molecule has 0 aliphatic carbocycles. The van der Waals surface area contributed by atoms with Crippen molar-refractivity contribution < 1.29 is 28.6 Å². The van der Waals surface area contributed by atoms with Crippen LogP contribution in [0.1, 0.15) is 50.3 Å². The van der Waals surface area contributed by atoms with Crippen LogP contribution >= 0.6 is 0 Å². The van der Waals surface area contributed by atoms with Crippen LogP contribution in [0.25, 0.3) is 0 Å². The van der Waals surface area contributed by atoms with Crippen LogP contribution in [0.2, 0.25) is 0 Å². The highest BCUT2D eigenvalue weighted by Gasteiger charge is 2.13. The Labute approximate surface area is 240 Å². The smallest absolute Gasteiger partial charge is 0.329 e. The van der Waals surface area contributed by atoms with Crippen molar-refractivity contribution in [3.05, 3.63) is 83.4 Å². The number of ether oxygens (including phenoxy) is 3. The number of anilines is 1. The lowest BCUT2D eigenvalue weighted by atomic mass is 10.0. The Morgan fingerprint density at radius 1 is 0.829 bits per heavy atom. The monoisotopic (exact) mass is 560 g/mol. The molecule has 3 rings (SSSR count). The maximum atomic E-state index is 12.4. The van der Waals surface area contributed by atoms with Gasteiger partial charge in [-0.1, -0.05) is 38.1 Å². The summed E-state index contributed by atoms with van der Waals surface area (Å²) >= 11 is 0. The molecule has 0 radical (unpaired) electrons. The maximum Gasteiger partial charge on any atom is 0.329 e. The molecule has 0 unspecified atom stereocenters. The first-order chi connectivity index (χ1) is 19.8. The van der Waals surface area contributed by atoms with E-state index < -0.39 is 11.8 Å². The van der Waals surface area contributed by atoms with Crippen molar-refractivity contribution in [2.45, 2.75) is 40.2 Å². The summed E-state index contributed by atoms with van der Waals surface area (Å²) in [7, 11) is 0. The lowest BCUT2D eigenvalue weighted by Crippen LogP contribution is -2.37. The Balaban J connectivity index is 1.49. The van der Waals surface area contributed by atoms with Crippen LogP contribution in [0.5, 0.6) is 17.2 Å². The molecule has 0 spiro atoms. The van der Waals surface area contributed by atoms with E-state index in [4.69, 9.17) is 14.2 Å². The fourth-order valence-electron chi connectivity index (χ4n) is 3.63. The Bertz CT molecular complexity index is 1340. The predicted molar refractivity (Wildman–Crippen MR) is 157 cm³/mol. The van der Waals surface area contributed by atoms with Gasteiger partial charge < -0.3 is 24.8 Å². The van der Waals surface area contributed by atoms with E-state index in [1.54, 1.807) is 42.5 Å². The molecule has 0 saturated carbocycles. The van der Waals surface area contributed by atoms with Gasteiger partial charge in [-0.3, -0.25) is 14.4 Å². The number of hydrazone groups is 1. The van der Waals surface area contributed by atoms with Crippen molar-refractivity contribution in [2.24, 2.45) is 5.10 Å². The number of rotatable bonds is 13. The number of hydrogen-bond acceptors (Lipinski definition) is 7. The van der Waals surface area contributed by atoms with Crippen LogP contribution in [0.3, 0.4) is 0 Å². The van der Waals surface area contributed by atoms with Gasteiger partial charge in [0.25, 0.3) is 5.91 Å². The number of carbonyl (C=O) groups is 3. The highest BCUT2D eigenvalue weighted by Crippen LogP contribution is 2.28. The average Bonchev–Trinajstić information content (AvgIpc) is 2.97. The van der Waals surface area contributed by atoms with Gasteiger partial charge in [-0.15, -0.1) is 0 Å². The van der Waals surface area contributed by atoms with E-state index in [1.807, 2.05) is 38.1 Å². The highest BCUT2D eigenvalue weighted by molar-refractivity contribution is 6.35. The molecule has 3 aromatic carbocycles. The second-order valence-corrected chi connectivity index (χ2v) is 9.21. The van der Waals surface area contributed by atoms with Gasteiger partial charge in [0, 0.05) is 12.2 Å². The van der Waals surface area contributed by atoms with Crippen molar-refractivity contribution in [3.8, 4) is 17.2 Å². The van der Waals surface area contributed by atoms with Crippen molar-refractivity contribution in [1.29, 1.82) is 0 Å². The van der Waals surface area contributed by atoms with Gasteiger partial charge in [-0.2, -0.15) is 5.10 Å². The minimum Gasteiger partial charge on any atom is -0.494 e. The standard InChI is InChI=1S/C31H36N4O6/c1-5-39-26-14-12-25(13-15-26)34-29(36)20-41-27-16-9-23(17-28(27)40-6-2)19-33-35-31(38)30(37)32-18-22-7-10-24(11-8-22)21(3)4/h7-17,19,21H,5-6,18,20H2,1-4H3,(H,32,37)(H,34,36)(H,35,38)/b33-19-. The lowest BCUT2D eigenvalue weighted by Gasteiger charge is -2.13. The molecular weight excluding hydrogens is 524 g/mol. The summed E-state index contributed by atoms with van der Waals surface area (Å²) in [6.45, 7) is 8.86. The van der Waals surface area contributed by atoms with E-state index in [2.05, 4.69) is 35.0 Å². The molecule has 3 aromatic rings. The zero-order valence-electron chi connectivity index (χ0n) is 23.7. The second-order valence-electron chi connectivity index (χ2n) is 9.21. The normalized spacial score (nSPS) is 10.8. The molecule has 0 aromatic heterocycles. The average molecular weight is 561 g/mol. The quantitative estimate of drug-likeness (QED) is 0.162. The minimum atomic E-state index is -0.886. The van der Waals surface area contributed by atoms with Crippen LogP contribution in [0.4, 0.5) is 5.69 Å². The summed E-state index contributed by atoms with van der Waals surface area (Å²) in [6.07, 6.45) is 1.38. The fraction of sp³-hybridized carbons (Fsp3) is 0.290. The molecule has 0 atom stereocenters. The topological polar surface area (TPSA) is 127 Å². The number of nitrogens with one attached hydrogen (secondary N) is 3. The molecule has 3 N–H and O–H groups in total. The van der Waals surface area contributed by atoms with Crippen LogP contribution in [-0.4, -0.2) is 43.8 Å². The molecule has 10 nitrogen and oxygen atoms in total. The molecule has 0 saturated heterocycles. The summed E-state index contributed by atoms with van der Waals surface area (Å²) in [4.78, 5) is 36.6. The molecule has 0 aliphatic heterocycles.